The Morgan fingerprint density at radius 3 is 2.00 bits per heavy atom. The SMILES string of the molecule is Cc1cc(F)cc(C)c1C(Br)C(C)S(C)(=O)=O. The molecule has 2 unspecified atom stereocenters. The van der Waals surface area contributed by atoms with Crippen LogP contribution in [0.1, 0.15) is 28.4 Å². The summed E-state index contributed by atoms with van der Waals surface area (Å²) in [6.07, 6.45) is 1.21. The molecular formula is C12H16BrFO2S. The largest absolute Gasteiger partial charge is 0.229 e. The minimum atomic E-state index is -3.13. The second-order valence-electron chi connectivity index (χ2n) is 4.39. The van der Waals surface area contributed by atoms with Crippen molar-refractivity contribution in [3.63, 3.8) is 0 Å². The van der Waals surface area contributed by atoms with E-state index in [1.807, 2.05) is 0 Å². The monoisotopic (exact) mass is 322 g/mol. The highest BCUT2D eigenvalue weighted by molar-refractivity contribution is 9.09. The molecule has 1 aromatic carbocycles. The van der Waals surface area contributed by atoms with Crippen LogP contribution in [0, 0.1) is 19.7 Å². The second kappa shape index (κ2) is 5.06. The van der Waals surface area contributed by atoms with Crippen molar-refractivity contribution >= 4 is 25.8 Å². The molecule has 1 rings (SSSR count). The van der Waals surface area contributed by atoms with E-state index in [2.05, 4.69) is 15.9 Å². The standard InChI is InChI=1S/C12H16BrFO2S/c1-7-5-10(14)6-8(2)11(7)12(13)9(3)17(4,15)16/h5-6,9,12H,1-4H3. The van der Waals surface area contributed by atoms with Crippen LogP contribution in [0.2, 0.25) is 0 Å². The van der Waals surface area contributed by atoms with Crippen LogP contribution in [0.15, 0.2) is 12.1 Å². The highest BCUT2D eigenvalue weighted by Gasteiger charge is 2.27. The molecule has 0 saturated heterocycles. The summed E-state index contributed by atoms with van der Waals surface area (Å²) < 4.78 is 36.2. The van der Waals surface area contributed by atoms with E-state index in [1.165, 1.54) is 18.4 Å². The Morgan fingerprint density at radius 2 is 1.65 bits per heavy atom. The first-order valence-electron chi connectivity index (χ1n) is 5.24. The predicted octanol–water partition coefficient (Wildman–Crippen LogP) is 3.31. The summed E-state index contributed by atoms with van der Waals surface area (Å²) in [6, 6.07) is 2.84. The number of halogens is 2. The van der Waals surface area contributed by atoms with Crippen LogP contribution < -0.4 is 0 Å². The first-order chi connectivity index (χ1) is 7.64. The second-order valence-corrected chi connectivity index (χ2v) is 7.78. The van der Waals surface area contributed by atoms with Crippen molar-refractivity contribution in [2.75, 3.05) is 6.26 Å². The fraction of sp³-hybridized carbons (Fsp3) is 0.500. The Morgan fingerprint density at radius 1 is 1.24 bits per heavy atom. The zero-order chi connectivity index (χ0) is 13.4. The van der Waals surface area contributed by atoms with E-state index >= 15 is 0 Å². The average molecular weight is 323 g/mol. The first-order valence-corrected chi connectivity index (χ1v) is 8.11. The molecule has 0 bridgehead atoms. The number of benzene rings is 1. The van der Waals surface area contributed by atoms with E-state index in [0.717, 1.165) is 16.7 Å². The molecule has 0 fully saturated rings. The van der Waals surface area contributed by atoms with Gasteiger partial charge < -0.3 is 0 Å². The zero-order valence-corrected chi connectivity index (χ0v) is 12.7. The van der Waals surface area contributed by atoms with Crippen molar-refractivity contribution in [3.05, 3.63) is 34.6 Å². The first kappa shape index (κ1) is 14.6. The summed E-state index contributed by atoms with van der Waals surface area (Å²) in [6.45, 7) is 5.22. The molecule has 0 aliphatic rings. The van der Waals surface area contributed by atoms with Crippen LogP contribution >= 0.6 is 15.9 Å². The quantitative estimate of drug-likeness (QED) is 0.800. The normalized spacial score (nSPS) is 15.6. The Kier molecular flexibility index (Phi) is 4.36. The molecule has 0 aliphatic carbocycles. The number of alkyl halides is 1. The molecule has 0 saturated carbocycles. The Bertz CT molecular complexity index is 502. The third-order valence-corrected chi connectivity index (χ3v) is 6.15. The third kappa shape index (κ3) is 3.28. The lowest BCUT2D eigenvalue weighted by atomic mass is 9.98. The Balaban J connectivity index is 3.26. The van der Waals surface area contributed by atoms with Crippen LogP contribution in [-0.4, -0.2) is 19.9 Å². The van der Waals surface area contributed by atoms with Crippen molar-refractivity contribution in [3.8, 4) is 0 Å². The van der Waals surface area contributed by atoms with E-state index in [9.17, 15) is 12.8 Å². The van der Waals surface area contributed by atoms with Crippen molar-refractivity contribution in [1.82, 2.24) is 0 Å². The van der Waals surface area contributed by atoms with Gasteiger partial charge in [0, 0.05) is 6.26 Å². The zero-order valence-electron chi connectivity index (χ0n) is 10.3. The summed E-state index contributed by atoms with van der Waals surface area (Å²) in [7, 11) is -3.13. The van der Waals surface area contributed by atoms with E-state index in [4.69, 9.17) is 0 Å². The van der Waals surface area contributed by atoms with Gasteiger partial charge in [0.25, 0.3) is 0 Å². The van der Waals surface area contributed by atoms with Gasteiger partial charge in [0.2, 0.25) is 0 Å². The van der Waals surface area contributed by atoms with Crippen molar-refractivity contribution in [2.45, 2.75) is 30.8 Å². The van der Waals surface area contributed by atoms with E-state index in [1.54, 1.807) is 20.8 Å². The van der Waals surface area contributed by atoms with E-state index in [0.29, 0.717) is 0 Å². The average Bonchev–Trinajstić information content (AvgIpc) is 2.13. The maximum Gasteiger partial charge on any atom is 0.151 e. The summed E-state index contributed by atoms with van der Waals surface area (Å²) in [5, 5.41) is -0.551. The maximum absolute atomic E-state index is 13.2. The molecule has 0 amide bonds. The highest BCUT2D eigenvalue weighted by Crippen LogP contribution is 2.34. The van der Waals surface area contributed by atoms with Crippen LogP contribution in [0.25, 0.3) is 0 Å². The van der Waals surface area contributed by atoms with Crippen LogP contribution in [0.4, 0.5) is 4.39 Å². The van der Waals surface area contributed by atoms with Gasteiger partial charge in [-0.2, -0.15) is 0 Å². The number of rotatable bonds is 3. The highest BCUT2D eigenvalue weighted by atomic mass is 79.9. The van der Waals surface area contributed by atoms with E-state index < -0.39 is 15.1 Å². The van der Waals surface area contributed by atoms with Crippen LogP contribution in [-0.2, 0) is 9.84 Å². The molecule has 0 radical (unpaired) electrons. The lowest BCUT2D eigenvalue weighted by molar-refractivity contribution is 0.587. The van der Waals surface area contributed by atoms with Gasteiger partial charge in [-0.25, -0.2) is 12.8 Å². The van der Waals surface area contributed by atoms with Gasteiger partial charge in [-0.3, -0.25) is 0 Å². The lowest BCUT2D eigenvalue weighted by Gasteiger charge is -2.21. The molecule has 0 heterocycles. The fourth-order valence-corrected chi connectivity index (χ4v) is 4.28. The summed E-state index contributed by atoms with van der Waals surface area (Å²) in [5.74, 6) is -0.296. The van der Waals surface area contributed by atoms with Gasteiger partial charge >= 0.3 is 0 Å². The summed E-state index contributed by atoms with van der Waals surface area (Å²) in [4.78, 5) is -0.321. The molecule has 5 heteroatoms. The third-order valence-electron chi connectivity index (χ3n) is 2.92. The fourth-order valence-electron chi connectivity index (χ4n) is 1.81. The molecular weight excluding hydrogens is 307 g/mol. The molecule has 0 aliphatic heterocycles. The van der Waals surface area contributed by atoms with Crippen molar-refractivity contribution in [1.29, 1.82) is 0 Å². The Hall–Kier alpha value is -0.420. The van der Waals surface area contributed by atoms with Gasteiger partial charge in [-0.15, -0.1) is 0 Å². The molecule has 0 N–H and O–H groups in total. The Labute approximate surface area is 110 Å². The molecule has 0 aromatic heterocycles. The minimum absolute atomic E-state index is 0.296. The van der Waals surface area contributed by atoms with Crippen LogP contribution in [0.3, 0.4) is 0 Å². The molecule has 2 atom stereocenters. The molecule has 96 valence electrons. The number of hydrogen-bond acceptors (Lipinski definition) is 2. The minimum Gasteiger partial charge on any atom is -0.229 e. The smallest absolute Gasteiger partial charge is 0.151 e. The maximum atomic E-state index is 13.2. The topological polar surface area (TPSA) is 34.1 Å². The predicted molar refractivity (Wildman–Crippen MR) is 71.8 cm³/mol. The lowest BCUT2D eigenvalue weighted by Crippen LogP contribution is -2.22. The van der Waals surface area contributed by atoms with Crippen molar-refractivity contribution in [2.24, 2.45) is 0 Å². The van der Waals surface area contributed by atoms with E-state index in [-0.39, 0.29) is 10.6 Å². The van der Waals surface area contributed by atoms with Crippen LogP contribution in [0.5, 0.6) is 0 Å². The van der Waals surface area contributed by atoms with Gasteiger partial charge in [0.1, 0.15) is 5.82 Å². The van der Waals surface area contributed by atoms with Gasteiger partial charge in [0.15, 0.2) is 9.84 Å². The number of aryl methyl sites for hydroxylation is 2. The summed E-state index contributed by atoms with van der Waals surface area (Å²) in [5.41, 5.74) is 2.38. The van der Waals surface area contributed by atoms with Gasteiger partial charge in [0.05, 0.1) is 10.1 Å². The molecule has 2 nitrogen and oxygen atoms in total. The van der Waals surface area contributed by atoms with Gasteiger partial charge in [-0.1, -0.05) is 15.9 Å². The molecule has 17 heavy (non-hydrogen) atoms. The number of hydrogen-bond donors (Lipinski definition) is 0. The molecule has 0 spiro atoms. The van der Waals surface area contributed by atoms with Gasteiger partial charge in [-0.05, 0) is 49.6 Å². The molecule has 1 aromatic rings. The number of sulfone groups is 1. The van der Waals surface area contributed by atoms with Crippen molar-refractivity contribution < 1.29 is 12.8 Å². The summed E-state index contributed by atoms with van der Waals surface area (Å²) >= 11 is 3.41.